The second-order valence-electron chi connectivity index (χ2n) is 4.20. The van der Waals surface area contributed by atoms with Crippen LogP contribution in [0.25, 0.3) is 0 Å². The van der Waals surface area contributed by atoms with Crippen LogP contribution in [0.1, 0.15) is 18.5 Å². The van der Waals surface area contributed by atoms with Gasteiger partial charge in [-0.3, -0.25) is 0 Å². The Kier molecular flexibility index (Phi) is 4.12. The molecule has 0 saturated heterocycles. The van der Waals surface area contributed by atoms with Crippen molar-refractivity contribution in [3.63, 3.8) is 0 Å². The molecule has 0 fully saturated rings. The maximum absolute atomic E-state index is 12.0. The van der Waals surface area contributed by atoms with Crippen LogP contribution in [-0.4, -0.2) is 11.3 Å². The number of ether oxygens (including phenoxy) is 1. The van der Waals surface area contributed by atoms with E-state index in [1.54, 1.807) is 24.4 Å². The average molecular weight is 282 g/mol. The molecule has 2 rings (SSSR count). The van der Waals surface area contributed by atoms with Crippen molar-refractivity contribution in [2.75, 3.05) is 5.32 Å². The van der Waals surface area contributed by atoms with Crippen molar-refractivity contribution in [2.45, 2.75) is 19.3 Å². The van der Waals surface area contributed by atoms with Gasteiger partial charge in [0.2, 0.25) is 0 Å². The molecule has 0 radical (unpaired) electrons. The third-order valence-corrected chi connectivity index (χ3v) is 2.64. The Morgan fingerprint density at radius 2 is 1.80 bits per heavy atom. The molecule has 106 valence electrons. The van der Waals surface area contributed by atoms with E-state index in [9.17, 15) is 13.2 Å². The smallest absolute Gasteiger partial charge is 0.406 e. The summed E-state index contributed by atoms with van der Waals surface area (Å²) >= 11 is 0. The van der Waals surface area contributed by atoms with Gasteiger partial charge in [0.25, 0.3) is 0 Å². The van der Waals surface area contributed by atoms with Crippen molar-refractivity contribution in [1.82, 2.24) is 4.98 Å². The summed E-state index contributed by atoms with van der Waals surface area (Å²) in [6.45, 7) is 1.90. The van der Waals surface area contributed by atoms with Gasteiger partial charge in [0.15, 0.2) is 0 Å². The van der Waals surface area contributed by atoms with E-state index < -0.39 is 6.36 Å². The molecule has 1 aromatic carbocycles. The largest absolute Gasteiger partial charge is 0.573 e. The molecule has 1 atom stereocenters. The fraction of sp³-hybridized carbons (Fsp3) is 0.214. The number of nitrogens with zero attached hydrogens (tertiary/aromatic N) is 1. The van der Waals surface area contributed by atoms with E-state index in [-0.39, 0.29) is 11.8 Å². The molecular weight excluding hydrogens is 269 g/mol. The second kappa shape index (κ2) is 5.81. The minimum absolute atomic E-state index is 0.0789. The average Bonchev–Trinajstić information content (AvgIpc) is 2.39. The van der Waals surface area contributed by atoms with Crippen LogP contribution in [0.4, 0.5) is 19.0 Å². The summed E-state index contributed by atoms with van der Waals surface area (Å²) in [5.41, 5.74) is 0.838. The third-order valence-electron chi connectivity index (χ3n) is 2.64. The first kappa shape index (κ1) is 14.2. The Morgan fingerprint density at radius 3 is 2.35 bits per heavy atom. The van der Waals surface area contributed by atoms with E-state index in [2.05, 4.69) is 15.0 Å². The highest BCUT2D eigenvalue weighted by Gasteiger charge is 2.30. The van der Waals surface area contributed by atoms with Gasteiger partial charge < -0.3 is 10.1 Å². The number of pyridine rings is 1. The quantitative estimate of drug-likeness (QED) is 0.914. The van der Waals surface area contributed by atoms with Crippen molar-refractivity contribution in [2.24, 2.45) is 0 Å². The molecular formula is C14H13F3N2O. The predicted octanol–water partition coefficient (Wildman–Crippen LogP) is 4.15. The van der Waals surface area contributed by atoms with Crippen molar-refractivity contribution in [3.8, 4) is 5.75 Å². The Morgan fingerprint density at radius 1 is 1.10 bits per heavy atom. The fourth-order valence-corrected chi connectivity index (χ4v) is 1.71. The van der Waals surface area contributed by atoms with E-state index in [0.29, 0.717) is 5.82 Å². The molecule has 0 saturated carbocycles. The number of halogens is 3. The molecule has 0 aliphatic carbocycles. The van der Waals surface area contributed by atoms with Crippen molar-refractivity contribution in [1.29, 1.82) is 0 Å². The number of hydrogen-bond acceptors (Lipinski definition) is 3. The number of benzene rings is 1. The summed E-state index contributed by atoms with van der Waals surface area (Å²) in [6.07, 6.45) is -3.01. The van der Waals surface area contributed by atoms with Crippen molar-refractivity contribution >= 4 is 5.82 Å². The van der Waals surface area contributed by atoms with Gasteiger partial charge in [0, 0.05) is 12.2 Å². The van der Waals surface area contributed by atoms with Gasteiger partial charge in [-0.1, -0.05) is 18.2 Å². The first-order valence-electron chi connectivity index (χ1n) is 5.97. The molecule has 20 heavy (non-hydrogen) atoms. The number of nitrogens with one attached hydrogen (secondary N) is 1. The maximum atomic E-state index is 12.0. The maximum Gasteiger partial charge on any atom is 0.573 e. The van der Waals surface area contributed by atoms with Gasteiger partial charge in [0.1, 0.15) is 11.6 Å². The van der Waals surface area contributed by atoms with Crippen LogP contribution in [0, 0.1) is 0 Å². The Bertz CT molecular complexity index is 541. The summed E-state index contributed by atoms with van der Waals surface area (Å²) in [7, 11) is 0. The number of hydrogen-bond donors (Lipinski definition) is 1. The zero-order chi connectivity index (χ0) is 14.6. The molecule has 0 aliphatic rings. The summed E-state index contributed by atoms with van der Waals surface area (Å²) in [6, 6.07) is 11.1. The lowest BCUT2D eigenvalue weighted by Crippen LogP contribution is -2.17. The van der Waals surface area contributed by atoms with Gasteiger partial charge >= 0.3 is 6.36 Å². The number of rotatable bonds is 4. The van der Waals surface area contributed by atoms with Crippen LogP contribution < -0.4 is 10.1 Å². The highest BCUT2D eigenvalue weighted by atomic mass is 19.4. The van der Waals surface area contributed by atoms with Crippen LogP contribution >= 0.6 is 0 Å². The Hall–Kier alpha value is -2.24. The molecule has 1 heterocycles. The van der Waals surface area contributed by atoms with Crippen molar-refractivity contribution < 1.29 is 17.9 Å². The molecule has 2 aromatic rings. The van der Waals surface area contributed by atoms with Crippen LogP contribution in [0.5, 0.6) is 5.75 Å². The molecule has 6 heteroatoms. The molecule has 0 bridgehead atoms. The van der Waals surface area contributed by atoms with Gasteiger partial charge in [-0.2, -0.15) is 0 Å². The normalized spacial score (nSPS) is 12.8. The van der Waals surface area contributed by atoms with E-state index >= 15 is 0 Å². The van der Waals surface area contributed by atoms with E-state index in [1.807, 2.05) is 19.1 Å². The summed E-state index contributed by atoms with van der Waals surface area (Å²) in [5.74, 6) is 0.474. The van der Waals surface area contributed by atoms with E-state index in [4.69, 9.17) is 0 Å². The molecule has 0 amide bonds. The van der Waals surface area contributed by atoms with Crippen LogP contribution in [0.15, 0.2) is 48.7 Å². The second-order valence-corrected chi connectivity index (χ2v) is 4.20. The number of alkyl halides is 3. The Labute approximate surface area is 114 Å². The lowest BCUT2D eigenvalue weighted by atomic mass is 10.1. The highest BCUT2D eigenvalue weighted by Crippen LogP contribution is 2.25. The van der Waals surface area contributed by atoms with Crippen LogP contribution in [0.2, 0.25) is 0 Å². The molecule has 0 unspecified atom stereocenters. The van der Waals surface area contributed by atoms with Crippen LogP contribution in [0.3, 0.4) is 0 Å². The van der Waals surface area contributed by atoms with Gasteiger partial charge in [-0.15, -0.1) is 13.2 Å². The predicted molar refractivity (Wildman–Crippen MR) is 69.4 cm³/mol. The van der Waals surface area contributed by atoms with Crippen molar-refractivity contribution in [3.05, 3.63) is 54.2 Å². The summed E-state index contributed by atoms with van der Waals surface area (Å²) < 4.78 is 40.0. The lowest BCUT2D eigenvalue weighted by Gasteiger charge is -2.15. The number of aromatic nitrogens is 1. The molecule has 1 N–H and O–H groups in total. The molecule has 3 nitrogen and oxygen atoms in total. The monoisotopic (exact) mass is 282 g/mol. The molecule has 1 aromatic heterocycles. The minimum atomic E-state index is -4.67. The minimum Gasteiger partial charge on any atom is -0.406 e. The van der Waals surface area contributed by atoms with Gasteiger partial charge in [0.05, 0.1) is 0 Å². The summed E-state index contributed by atoms with van der Waals surface area (Å²) in [4.78, 5) is 4.13. The first-order chi connectivity index (χ1) is 9.44. The first-order valence-corrected chi connectivity index (χ1v) is 5.97. The van der Waals surface area contributed by atoms with Crippen LogP contribution in [-0.2, 0) is 0 Å². The van der Waals surface area contributed by atoms with Gasteiger partial charge in [-0.25, -0.2) is 4.98 Å². The SMILES string of the molecule is C[C@H](Nc1ccccn1)c1ccc(OC(F)(F)F)cc1. The standard InChI is InChI=1S/C14H13F3N2O/c1-10(19-13-4-2-3-9-18-13)11-5-7-12(8-6-11)20-14(15,16)17/h2-10H,1H3,(H,18,19)/t10-/m0/s1. The topological polar surface area (TPSA) is 34.2 Å². The van der Waals surface area contributed by atoms with E-state index in [1.165, 1.54) is 12.1 Å². The zero-order valence-corrected chi connectivity index (χ0v) is 10.7. The van der Waals surface area contributed by atoms with Gasteiger partial charge in [-0.05, 0) is 36.8 Å². The number of anilines is 1. The third kappa shape index (κ3) is 4.15. The molecule has 0 spiro atoms. The zero-order valence-electron chi connectivity index (χ0n) is 10.7. The fourth-order valence-electron chi connectivity index (χ4n) is 1.71. The Balaban J connectivity index is 2.02. The lowest BCUT2D eigenvalue weighted by molar-refractivity contribution is -0.274. The summed E-state index contributed by atoms with van der Waals surface area (Å²) in [5, 5.41) is 3.15. The highest BCUT2D eigenvalue weighted by molar-refractivity contribution is 5.38. The molecule has 0 aliphatic heterocycles. The van der Waals surface area contributed by atoms with E-state index in [0.717, 1.165) is 5.56 Å².